The molecule has 0 aliphatic carbocycles. The fourth-order valence-corrected chi connectivity index (χ4v) is 4.79. The van der Waals surface area contributed by atoms with Crippen molar-refractivity contribution in [2.45, 2.75) is 24.7 Å². The Hall–Kier alpha value is -1.77. The zero-order valence-electron chi connectivity index (χ0n) is 14.8. The summed E-state index contributed by atoms with van der Waals surface area (Å²) in [6, 6.07) is 10.0. The molecule has 1 aliphatic heterocycles. The Labute approximate surface area is 166 Å². The van der Waals surface area contributed by atoms with Gasteiger partial charge in [0.15, 0.2) is 0 Å². The average Bonchev–Trinajstić information content (AvgIpc) is 2.64. The first kappa shape index (κ1) is 20.0. The molecule has 1 aliphatic rings. The Morgan fingerprint density at radius 3 is 2.41 bits per heavy atom. The highest BCUT2D eigenvalue weighted by molar-refractivity contribution is 9.10. The van der Waals surface area contributed by atoms with Gasteiger partial charge in [0, 0.05) is 23.2 Å². The number of hydrogen-bond donors (Lipinski definition) is 1. The molecule has 0 saturated carbocycles. The molecule has 1 saturated heterocycles. The average molecular weight is 455 g/mol. The van der Waals surface area contributed by atoms with Gasteiger partial charge in [0.05, 0.1) is 10.5 Å². The molecule has 144 valence electrons. The monoisotopic (exact) mass is 454 g/mol. The zero-order valence-corrected chi connectivity index (χ0v) is 17.2. The van der Waals surface area contributed by atoms with E-state index in [4.69, 9.17) is 0 Å². The number of benzene rings is 2. The molecule has 0 unspecified atom stereocenters. The summed E-state index contributed by atoms with van der Waals surface area (Å²) in [6.07, 6.45) is 1.71. The third-order valence-electron chi connectivity index (χ3n) is 4.67. The van der Waals surface area contributed by atoms with E-state index in [1.165, 1.54) is 46.8 Å². The molecule has 2 aromatic rings. The van der Waals surface area contributed by atoms with Crippen LogP contribution in [0.2, 0.25) is 0 Å². The van der Waals surface area contributed by atoms with Crippen molar-refractivity contribution in [3.63, 3.8) is 0 Å². The van der Waals surface area contributed by atoms with Crippen molar-refractivity contribution in [1.82, 2.24) is 4.31 Å². The molecule has 3 rings (SSSR count). The van der Waals surface area contributed by atoms with Gasteiger partial charge >= 0.3 is 0 Å². The number of sulfonamides is 1. The number of hydrogen-bond acceptors (Lipinski definition) is 3. The summed E-state index contributed by atoms with van der Waals surface area (Å²) in [5.41, 5.74) is 0.300. The maximum atomic E-state index is 13.8. The highest BCUT2D eigenvalue weighted by atomic mass is 79.9. The van der Waals surface area contributed by atoms with Crippen LogP contribution in [0, 0.1) is 11.7 Å². The van der Waals surface area contributed by atoms with Gasteiger partial charge in [0.2, 0.25) is 10.0 Å². The lowest BCUT2D eigenvalue weighted by molar-refractivity contribution is 0.102. The van der Waals surface area contributed by atoms with Crippen molar-refractivity contribution >= 4 is 37.5 Å². The third-order valence-corrected chi connectivity index (χ3v) is 7.07. The molecule has 1 amide bonds. The predicted octanol–water partition coefficient (Wildman–Crippen LogP) is 4.26. The number of anilines is 1. The fourth-order valence-electron chi connectivity index (χ4n) is 2.95. The van der Waals surface area contributed by atoms with Crippen LogP contribution in [-0.2, 0) is 10.0 Å². The number of carbonyl (C=O) groups is 1. The van der Waals surface area contributed by atoms with Gasteiger partial charge in [-0.1, -0.05) is 22.9 Å². The largest absolute Gasteiger partial charge is 0.322 e. The molecule has 27 heavy (non-hydrogen) atoms. The number of carbonyl (C=O) groups excluding carboxylic acids is 1. The lowest BCUT2D eigenvalue weighted by Crippen LogP contribution is -2.37. The molecule has 0 aromatic heterocycles. The Morgan fingerprint density at radius 1 is 1.15 bits per heavy atom. The van der Waals surface area contributed by atoms with Crippen LogP contribution in [-0.4, -0.2) is 31.7 Å². The van der Waals surface area contributed by atoms with Crippen LogP contribution in [0.5, 0.6) is 0 Å². The molecule has 1 heterocycles. The van der Waals surface area contributed by atoms with E-state index in [9.17, 15) is 17.6 Å². The first-order valence-electron chi connectivity index (χ1n) is 8.64. The summed E-state index contributed by atoms with van der Waals surface area (Å²) >= 11 is 3.20. The van der Waals surface area contributed by atoms with Gasteiger partial charge < -0.3 is 5.32 Å². The number of nitrogens with zero attached hydrogens (tertiary/aromatic N) is 1. The summed E-state index contributed by atoms with van der Waals surface area (Å²) in [5, 5.41) is 2.58. The molecular formula is C19H20BrFN2O3S. The van der Waals surface area contributed by atoms with E-state index in [1.54, 1.807) is 0 Å². The Kier molecular flexibility index (Phi) is 5.98. The summed E-state index contributed by atoms with van der Waals surface area (Å²) in [7, 11) is -3.54. The highest BCUT2D eigenvalue weighted by Gasteiger charge is 2.28. The van der Waals surface area contributed by atoms with Crippen LogP contribution in [0.1, 0.15) is 30.1 Å². The van der Waals surface area contributed by atoms with Gasteiger partial charge in [-0.2, -0.15) is 4.31 Å². The van der Waals surface area contributed by atoms with Gasteiger partial charge in [0.1, 0.15) is 5.82 Å². The first-order chi connectivity index (χ1) is 12.8. The molecule has 0 bridgehead atoms. The van der Waals surface area contributed by atoms with Gasteiger partial charge in [-0.15, -0.1) is 0 Å². The van der Waals surface area contributed by atoms with E-state index in [-0.39, 0.29) is 10.5 Å². The molecule has 1 fully saturated rings. The fraction of sp³-hybridized carbons (Fsp3) is 0.316. The minimum atomic E-state index is -3.54. The zero-order chi connectivity index (χ0) is 19.6. The summed E-state index contributed by atoms with van der Waals surface area (Å²) < 4.78 is 41.3. The summed E-state index contributed by atoms with van der Waals surface area (Å²) in [5.74, 6) is -0.698. The van der Waals surface area contributed by atoms with Crippen LogP contribution in [0.25, 0.3) is 0 Å². The SMILES string of the molecule is CC1CCN(S(=O)(=O)c2ccc(NC(=O)c3cc(Br)ccc3F)cc2)CC1. The van der Waals surface area contributed by atoms with Gasteiger partial charge in [-0.3, -0.25) is 4.79 Å². The van der Waals surface area contributed by atoms with Crippen molar-refractivity contribution in [2.75, 3.05) is 18.4 Å². The number of nitrogens with one attached hydrogen (secondary N) is 1. The number of rotatable bonds is 4. The van der Waals surface area contributed by atoms with Gasteiger partial charge in [0.25, 0.3) is 5.91 Å². The third kappa shape index (κ3) is 4.56. The van der Waals surface area contributed by atoms with E-state index < -0.39 is 21.7 Å². The molecule has 2 aromatic carbocycles. The Morgan fingerprint density at radius 2 is 1.78 bits per heavy atom. The molecule has 5 nitrogen and oxygen atoms in total. The van der Waals surface area contributed by atoms with Gasteiger partial charge in [-0.25, -0.2) is 12.8 Å². The normalized spacial score (nSPS) is 16.3. The van der Waals surface area contributed by atoms with Crippen LogP contribution in [0.3, 0.4) is 0 Å². The van der Waals surface area contributed by atoms with Crippen LogP contribution in [0.15, 0.2) is 51.8 Å². The van der Waals surface area contributed by atoms with Crippen LogP contribution >= 0.6 is 15.9 Å². The lowest BCUT2D eigenvalue weighted by atomic mass is 10.0. The predicted molar refractivity (Wildman–Crippen MR) is 106 cm³/mol. The molecule has 1 N–H and O–H groups in total. The molecule has 0 spiro atoms. The maximum absolute atomic E-state index is 13.8. The second-order valence-electron chi connectivity index (χ2n) is 6.69. The van der Waals surface area contributed by atoms with Gasteiger partial charge in [-0.05, 0) is 61.2 Å². The van der Waals surface area contributed by atoms with Crippen LogP contribution < -0.4 is 5.32 Å². The number of amides is 1. The Bertz CT molecular complexity index is 940. The second-order valence-corrected chi connectivity index (χ2v) is 9.54. The van der Waals surface area contributed by atoms with E-state index in [2.05, 4.69) is 28.2 Å². The molecule has 0 radical (unpaired) electrons. The molecule has 8 heteroatoms. The summed E-state index contributed by atoms with van der Waals surface area (Å²) in [4.78, 5) is 12.4. The standard InChI is InChI=1S/C19H20BrFN2O3S/c1-13-8-10-23(11-9-13)27(25,26)16-5-3-15(4-6-16)22-19(24)17-12-14(20)2-7-18(17)21/h2-7,12-13H,8-11H2,1H3,(H,22,24). The minimum absolute atomic E-state index is 0.0940. The first-order valence-corrected chi connectivity index (χ1v) is 10.9. The minimum Gasteiger partial charge on any atom is -0.322 e. The van der Waals surface area contributed by atoms with Crippen molar-refractivity contribution in [2.24, 2.45) is 5.92 Å². The Balaban J connectivity index is 1.73. The van der Waals surface area contributed by atoms with Crippen LogP contribution in [0.4, 0.5) is 10.1 Å². The van der Waals surface area contributed by atoms with Crippen molar-refractivity contribution in [3.8, 4) is 0 Å². The smallest absolute Gasteiger partial charge is 0.258 e. The highest BCUT2D eigenvalue weighted by Crippen LogP contribution is 2.24. The lowest BCUT2D eigenvalue weighted by Gasteiger charge is -2.29. The second kappa shape index (κ2) is 8.08. The summed E-state index contributed by atoms with van der Waals surface area (Å²) in [6.45, 7) is 3.16. The van der Waals surface area contributed by atoms with Crippen molar-refractivity contribution < 1.29 is 17.6 Å². The molecule has 0 atom stereocenters. The quantitative estimate of drug-likeness (QED) is 0.750. The van der Waals surface area contributed by atoms with Crippen molar-refractivity contribution in [1.29, 1.82) is 0 Å². The topological polar surface area (TPSA) is 66.5 Å². The maximum Gasteiger partial charge on any atom is 0.258 e. The van der Waals surface area contributed by atoms with Crippen molar-refractivity contribution in [3.05, 3.63) is 58.3 Å². The van der Waals surface area contributed by atoms with E-state index in [0.717, 1.165) is 12.8 Å². The number of halogens is 2. The number of piperidine rings is 1. The molecular weight excluding hydrogens is 435 g/mol. The van der Waals surface area contributed by atoms with E-state index >= 15 is 0 Å². The van der Waals surface area contributed by atoms with E-state index in [1.807, 2.05) is 0 Å². The van der Waals surface area contributed by atoms with E-state index in [0.29, 0.717) is 29.2 Å².